The summed E-state index contributed by atoms with van der Waals surface area (Å²) in [6.45, 7) is 3.67. The number of anilines is 1. The Bertz CT molecular complexity index is 1510. The van der Waals surface area contributed by atoms with E-state index in [4.69, 9.17) is 4.42 Å². The number of benzene rings is 2. The Kier molecular flexibility index (Phi) is 7.14. The van der Waals surface area contributed by atoms with Crippen LogP contribution in [0.15, 0.2) is 82.6 Å². The van der Waals surface area contributed by atoms with Gasteiger partial charge < -0.3 is 19.3 Å². The summed E-state index contributed by atoms with van der Waals surface area (Å²) in [5.74, 6) is -2.83. The highest BCUT2D eigenvalue weighted by Crippen LogP contribution is 2.53. The van der Waals surface area contributed by atoms with Crippen LogP contribution in [0.1, 0.15) is 54.6 Å². The van der Waals surface area contributed by atoms with E-state index in [1.54, 1.807) is 49.4 Å². The highest BCUT2D eigenvalue weighted by atomic mass is 32.1. The summed E-state index contributed by atoms with van der Waals surface area (Å²) in [6, 6.07) is 19.4. The van der Waals surface area contributed by atoms with Crippen molar-refractivity contribution in [2.75, 3.05) is 19.0 Å². The molecule has 4 aromatic rings. The molecule has 200 valence electrons. The smallest absolute Gasteiger partial charge is 0.327 e. The van der Waals surface area contributed by atoms with Crippen molar-refractivity contribution >= 4 is 34.7 Å². The SMILES string of the molecule is Cc1ccc(C(=O)C2C(c3sccc3C)C(C(=O)O)N(C(=O)c3ccccc3)C2c2ccc(N(C)C)cc2)o1. The lowest BCUT2D eigenvalue weighted by molar-refractivity contribution is -0.142. The molecular weight excluding hydrogens is 512 g/mol. The number of thiophene rings is 1. The van der Waals surface area contributed by atoms with Gasteiger partial charge >= 0.3 is 5.97 Å². The molecule has 4 atom stereocenters. The van der Waals surface area contributed by atoms with Gasteiger partial charge in [0.25, 0.3) is 5.91 Å². The maximum Gasteiger partial charge on any atom is 0.327 e. The zero-order chi connectivity index (χ0) is 27.8. The molecule has 2 aromatic heterocycles. The average molecular weight is 543 g/mol. The van der Waals surface area contributed by atoms with Crippen molar-refractivity contribution < 1.29 is 23.9 Å². The summed E-state index contributed by atoms with van der Waals surface area (Å²) in [6.07, 6.45) is 0. The molecule has 0 aliphatic carbocycles. The lowest BCUT2D eigenvalue weighted by atomic mass is 9.79. The Morgan fingerprint density at radius 1 is 0.923 bits per heavy atom. The monoisotopic (exact) mass is 542 g/mol. The van der Waals surface area contributed by atoms with Gasteiger partial charge in [0, 0.05) is 36.1 Å². The van der Waals surface area contributed by atoms with E-state index >= 15 is 0 Å². The minimum atomic E-state index is -1.27. The lowest BCUT2D eigenvalue weighted by Gasteiger charge is -2.30. The number of likely N-dealkylation sites (tertiary alicyclic amines) is 1. The van der Waals surface area contributed by atoms with Crippen molar-refractivity contribution in [2.24, 2.45) is 5.92 Å². The number of aryl methyl sites for hydroxylation is 2. The zero-order valence-electron chi connectivity index (χ0n) is 22.2. The standard InChI is InChI=1S/C31H30N2O5S/c1-18-16-17-39-29(18)25-24(28(34)23-15-10-19(2)38-23)26(20-11-13-22(14-12-20)32(3)4)33(27(25)31(36)37)30(35)21-8-6-5-7-9-21/h5-17,24-27H,1-4H3,(H,36,37). The normalized spacial score (nSPS) is 20.7. The number of carbonyl (C=O) groups excluding carboxylic acids is 2. The van der Waals surface area contributed by atoms with E-state index in [0.717, 1.165) is 16.1 Å². The van der Waals surface area contributed by atoms with E-state index in [0.29, 0.717) is 16.9 Å². The Morgan fingerprint density at radius 2 is 1.62 bits per heavy atom. The molecule has 4 unspecified atom stereocenters. The molecule has 1 fully saturated rings. The average Bonchev–Trinajstić information content (AvgIpc) is 3.64. The summed E-state index contributed by atoms with van der Waals surface area (Å²) >= 11 is 1.41. The molecule has 1 saturated heterocycles. The maximum atomic E-state index is 14.3. The Balaban J connectivity index is 1.77. The van der Waals surface area contributed by atoms with Crippen molar-refractivity contribution in [2.45, 2.75) is 31.8 Å². The minimum Gasteiger partial charge on any atom is -0.480 e. The highest BCUT2D eigenvalue weighted by Gasteiger charge is 2.58. The van der Waals surface area contributed by atoms with Gasteiger partial charge in [-0.2, -0.15) is 0 Å². The third-order valence-electron chi connectivity index (χ3n) is 7.42. The van der Waals surface area contributed by atoms with Gasteiger partial charge in [-0.15, -0.1) is 11.3 Å². The highest BCUT2D eigenvalue weighted by molar-refractivity contribution is 7.10. The summed E-state index contributed by atoms with van der Waals surface area (Å²) in [5.41, 5.74) is 2.89. The number of carboxylic acids is 1. The third-order valence-corrected chi connectivity index (χ3v) is 8.54. The second-order valence-corrected chi connectivity index (χ2v) is 11.0. The molecule has 5 rings (SSSR count). The number of ketones is 1. The van der Waals surface area contributed by atoms with Crippen LogP contribution in [0.5, 0.6) is 0 Å². The van der Waals surface area contributed by atoms with Gasteiger partial charge in [-0.05, 0) is 72.8 Å². The summed E-state index contributed by atoms with van der Waals surface area (Å²) in [7, 11) is 3.86. The number of furan rings is 1. The van der Waals surface area contributed by atoms with Crippen LogP contribution in [0.25, 0.3) is 0 Å². The van der Waals surface area contributed by atoms with Crippen molar-refractivity contribution in [1.82, 2.24) is 4.90 Å². The molecule has 1 amide bonds. The number of carboxylic acid groups (broad SMARTS) is 1. The number of hydrogen-bond acceptors (Lipinski definition) is 6. The fraction of sp³-hybridized carbons (Fsp3) is 0.258. The van der Waals surface area contributed by atoms with Gasteiger partial charge in [-0.1, -0.05) is 30.3 Å². The van der Waals surface area contributed by atoms with Crippen LogP contribution in [-0.4, -0.2) is 47.8 Å². The van der Waals surface area contributed by atoms with E-state index in [2.05, 4.69) is 0 Å². The molecule has 3 heterocycles. The van der Waals surface area contributed by atoms with E-state index in [1.165, 1.54) is 16.2 Å². The van der Waals surface area contributed by atoms with Gasteiger partial charge in [0.1, 0.15) is 11.8 Å². The Morgan fingerprint density at radius 3 is 2.15 bits per heavy atom. The van der Waals surface area contributed by atoms with E-state index in [9.17, 15) is 19.5 Å². The number of amides is 1. The minimum absolute atomic E-state index is 0.157. The van der Waals surface area contributed by atoms with Gasteiger partial charge in [-0.3, -0.25) is 9.59 Å². The first kappa shape index (κ1) is 26.4. The summed E-state index contributed by atoms with van der Waals surface area (Å²) in [5, 5.41) is 12.6. The van der Waals surface area contributed by atoms with Crippen LogP contribution < -0.4 is 4.90 Å². The molecule has 2 aromatic carbocycles. The van der Waals surface area contributed by atoms with Gasteiger partial charge in [0.05, 0.1) is 12.0 Å². The third kappa shape index (κ3) is 4.76. The number of hydrogen-bond donors (Lipinski definition) is 1. The van der Waals surface area contributed by atoms with E-state index in [1.807, 2.05) is 61.6 Å². The quantitative estimate of drug-likeness (QED) is 0.290. The van der Waals surface area contributed by atoms with Gasteiger partial charge in [-0.25, -0.2) is 4.79 Å². The van der Waals surface area contributed by atoms with Crippen LogP contribution in [-0.2, 0) is 4.79 Å². The number of carbonyl (C=O) groups is 3. The molecular formula is C31H30N2O5S. The van der Waals surface area contributed by atoms with Crippen LogP contribution in [0.4, 0.5) is 5.69 Å². The van der Waals surface area contributed by atoms with Gasteiger partial charge in [0.15, 0.2) is 5.76 Å². The largest absolute Gasteiger partial charge is 0.480 e. The van der Waals surface area contributed by atoms with Crippen LogP contribution in [0.2, 0.25) is 0 Å². The molecule has 1 aliphatic heterocycles. The fourth-order valence-electron chi connectivity index (χ4n) is 5.57. The molecule has 0 bridgehead atoms. The lowest BCUT2D eigenvalue weighted by Crippen LogP contribution is -2.43. The van der Waals surface area contributed by atoms with Crippen molar-refractivity contribution in [1.29, 1.82) is 0 Å². The molecule has 0 saturated carbocycles. The first-order valence-corrected chi connectivity index (χ1v) is 13.6. The number of nitrogens with zero attached hydrogens (tertiary/aromatic N) is 2. The van der Waals surface area contributed by atoms with Crippen LogP contribution in [0, 0.1) is 19.8 Å². The molecule has 1 aliphatic rings. The predicted octanol–water partition coefficient (Wildman–Crippen LogP) is 5.96. The Labute approximate surface area is 231 Å². The molecule has 7 nitrogen and oxygen atoms in total. The van der Waals surface area contributed by atoms with Crippen molar-refractivity contribution in [3.63, 3.8) is 0 Å². The Hall–Kier alpha value is -4.17. The summed E-state index contributed by atoms with van der Waals surface area (Å²) < 4.78 is 5.76. The van der Waals surface area contributed by atoms with E-state index < -0.39 is 35.8 Å². The molecule has 0 spiro atoms. The number of rotatable bonds is 7. The van der Waals surface area contributed by atoms with Crippen molar-refractivity contribution in [3.8, 4) is 0 Å². The van der Waals surface area contributed by atoms with Crippen LogP contribution >= 0.6 is 11.3 Å². The zero-order valence-corrected chi connectivity index (χ0v) is 23.0. The first-order valence-electron chi connectivity index (χ1n) is 12.7. The first-order chi connectivity index (χ1) is 18.7. The molecule has 39 heavy (non-hydrogen) atoms. The van der Waals surface area contributed by atoms with E-state index in [-0.39, 0.29) is 11.5 Å². The second-order valence-electron chi connectivity index (χ2n) is 10.1. The molecule has 0 radical (unpaired) electrons. The molecule has 8 heteroatoms. The second kappa shape index (κ2) is 10.5. The summed E-state index contributed by atoms with van der Waals surface area (Å²) in [4.78, 5) is 45.6. The predicted molar refractivity (Wildman–Crippen MR) is 151 cm³/mol. The van der Waals surface area contributed by atoms with Gasteiger partial charge in [0.2, 0.25) is 5.78 Å². The molecule has 1 N–H and O–H groups in total. The maximum absolute atomic E-state index is 14.3. The van der Waals surface area contributed by atoms with Crippen LogP contribution in [0.3, 0.4) is 0 Å². The topological polar surface area (TPSA) is 91.1 Å². The fourth-order valence-corrected chi connectivity index (χ4v) is 6.68. The number of Topliss-reactive ketones (excluding diaryl/α,β-unsaturated/α-hetero) is 1. The van der Waals surface area contributed by atoms with Crippen molar-refractivity contribution in [3.05, 3.63) is 111 Å². The number of aliphatic carboxylic acids is 1.